The van der Waals surface area contributed by atoms with Crippen molar-refractivity contribution < 1.29 is 44.5 Å². The van der Waals surface area contributed by atoms with Crippen molar-refractivity contribution in [1.29, 1.82) is 0 Å². The maximum absolute atomic E-state index is 13.4. The zero-order chi connectivity index (χ0) is 89.1. The number of rotatable bonds is 24. The summed E-state index contributed by atoms with van der Waals surface area (Å²) in [4.78, 5) is 86.7. The van der Waals surface area contributed by atoms with Crippen molar-refractivity contribution in [3.05, 3.63) is 266 Å². The summed E-state index contributed by atoms with van der Waals surface area (Å²) in [5.41, 5.74) is 33.4. The van der Waals surface area contributed by atoms with E-state index in [0.717, 1.165) is 80.0 Å². The molecule has 124 heavy (non-hydrogen) atoms. The fourth-order valence-corrected chi connectivity index (χ4v) is 17.0. The van der Waals surface area contributed by atoms with Crippen molar-refractivity contribution in [1.82, 2.24) is 94.7 Å². The molecule has 37 nitrogen and oxygen atoms in total. The summed E-state index contributed by atoms with van der Waals surface area (Å²) in [5, 5.41) is 42.9. The topological polar surface area (TPSA) is 440 Å². The predicted molar refractivity (Wildman–Crippen MR) is 478 cm³/mol. The number of anilines is 4. The lowest BCUT2D eigenvalue weighted by atomic mass is 10.1. The molecule has 0 radical (unpaired) electrons. The Kier molecular flexibility index (Phi) is 27.5. The van der Waals surface area contributed by atoms with Gasteiger partial charge in [-0.3, -0.25) is 57.4 Å². The molecule has 0 fully saturated rings. The molecular formula is C80H89BrCl5IN28O9+4. The van der Waals surface area contributed by atoms with Gasteiger partial charge in [-0.2, -0.15) is 39.9 Å². The number of halogens is 7. The first-order valence-electron chi connectivity index (χ1n) is 38.7. The Balaban J connectivity index is 0.000000142. The number of aromatic nitrogens is 24. The fourth-order valence-electron chi connectivity index (χ4n) is 15.0. The van der Waals surface area contributed by atoms with E-state index in [-0.39, 0.29) is 93.3 Å². The Labute approximate surface area is 753 Å². The predicted octanol–water partition coefficient (Wildman–Crippen LogP) is 9.28. The number of nitrogens with zero attached hydrogens (tertiary/aromatic N) is 24. The van der Waals surface area contributed by atoms with E-state index in [4.69, 9.17) is 85.7 Å². The Bertz CT molecular complexity index is 6750. The highest BCUT2D eigenvalue weighted by Crippen LogP contribution is 2.31. The second-order valence-corrected chi connectivity index (χ2v) is 33.1. The summed E-state index contributed by atoms with van der Waals surface area (Å²) in [6, 6.07) is 15.6. The van der Waals surface area contributed by atoms with Crippen LogP contribution in [0.25, 0.3) is 44.7 Å². The lowest BCUT2D eigenvalue weighted by molar-refractivity contribution is -0.910. The van der Waals surface area contributed by atoms with Crippen LogP contribution >= 0.6 is 96.5 Å². The van der Waals surface area contributed by atoms with Gasteiger partial charge >= 0.3 is 22.8 Å². The molecule has 0 aliphatic rings. The van der Waals surface area contributed by atoms with Gasteiger partial charge in [-0.05, 0) is 162 Å². The van der Waals surface area contributed by atoms with E-state index in [1.54, 1.807) is 57.8 Å². The summed E-state index contributed by atoms with van der Waals surface area (Å²) < 4.78 is 31.5. The minimum atomic E-state index is -0.319. The molecule has 16 aromatic rings. The molecule has 0 amide bonds. The van der Waals surface area contributed by atoms with Crippen LogP contribution in [-0.4, -0.2) is 123 Å². The van der Waals surface area contributed by atoms with Gasteiger partial charge in [-0.15, -0.1) is 0 Å². The van der Waals surface area contributed by atoms with E-state index in [1.807, 2.05) is 158 Å². The van der Waals surface area contributed by atoms with E-state index >= 15 is 0 Å². The van der Waals surface area contributed by atoms with Gasteiger partial charge in [0.1, 0.15) is 54.0 Å². The Morgan fingerprint density at radius 3 is 0.968 bits per heavy atom. The second kappa shape index (κ2) is 38.0. The van der Waals surface area contributed by atoms with Gasteiger partial charge in [0.05, 0.1) is 23.3 Å². The first-order valence-corrected chi connectivity index (χ1v) is 42.5. The van der Waals surface area contributed by atoms with Crippen LogP contribution in [0.3, 0.4) is 0 Å². The second-order valence-electron chi connectivity index (χ2n) is 29.4. The number of fused-ring (bicyclic) bond motifs is 4. The summed E-state index contributed by atoms with van der Waals surface area (Å²) in [5.74, 6) is 0.536. The van der Waals surface area contributed by atoms with Crippen LogP contribution in [-0.2, 0) is 78.5 Å². The number of pyridine rings is 4. The maximum Gasteiger partial charge on any atom is 0.331 e. The molecule has 0 atom stereocenters. The molecule has 0 aromatic carbocycles. The largest absolute Gasteiger partial charge is 0.496 e. The zero-order valence-corrected chi connectivity index (χ0v) is 76.2. The van der Waals surface area contributed by atoms with Crippen LogP contribution in [0.5, 0.6) is 5.75 Å². The number of hydrogen-bond acceptors (Lipinski definition) is 21. The molecule has 648 valence electrons. The number of methoxy groups -OCH3 is 1. The van der Waals surface area contributed by atoms with Gasteiger partial charge in [-0.25, -0.2) is 19.2 Å². The third-order valence-electron chi connectivity index (χ3n) is 21.2. The van der Waals surface area contributed by atoms with Crippen LogP contribution in [0.4, 0.5) is 23.8 Å². The highest BCUT2D eigenvalue weighted by atomic mass is 127. The standard InChI is InChI=1S/C21H25ClN7O3.C20H22BrClN7O2.C20H22Cl2N7O2.C19H20ClIN7O2/c1-13-11-29(31)15(14(2)17(13)32-3)12-28-19-16(18(22)24-20(23)25-19)27(21(28)30)10-6-9-26-7-4-5-8-26;2*1-12-10-29(31)14(13(2)15(12)21)11-28-18-16(17(22)24-19(23)25-18)27(20(28)30)9-5-8-26-6-3-4-7-26;1-11-9-28(30)13(12(2)14(11)21)10-27-17-15(16(20)23-18(22)24-17)26(19(27)29)8-7-25-5-3-4-6-25/h4-5,7-8,11,31H,6,9-10,12H2,1-3H3,(H2,23,24,25);2*3-4,6-7,10,31H,5,8-9,11H2,1-2H3,(H2,23,24,25);3-6,9,30H,7-8,10H2,1-2H3,(H2,22,23,24)/q4*+1. The normalized spacial score (nSPS) is 11.5. The van der Waals surface area contributed by atoms with Crippen molar-refractivity contribution in [2.24, 2.45) is 0 Å². The van der Waals surface area contributed by atoms with Gasteiger partial charge in [-0.1, -0.05) is 58.0 Å². The first kappa shape index (κ1) is 89.7. The van der Waals surface area contributed by atoms with Crippen LogP contribution in [0.1, 0.15) is 86.5 Å². The molecular weight excluding hydrogens is 1880 g/mol. The zero-order valence-electron chi connectivity index (χ0n) is 68.7. The third-order valence-corrected chi connectivity index (χ3v) is 25.7. The van der Waals surface area contributed by atoms with Crippen molar-refractivity contribution in [3.63, 3.8) is 0 Å². The molecule has 0 bridgehead atoms. The lowest BCUT2D eigenvalue weighted by Gasteiger charge is -2.09. The summed E-state index contributed by atoms with van der Waals surface area (Å²) >= 11 is 37.6. The molecule has 0 aliphatic heterocycles. The third kappa shape index (κ3) is 18.6. The highest BCUT2D eigenvalue weighted by Gasteiger charge is 2.32. The number of hydrogen-bond donors (Lipinski definition) is 8. The van der Waals surface area contributed by atoms with E-state index in [1.165, 1.54) is 24.5 Å². The van der Waals surface area contributed by atoms with Crippen molar-refractivity contribution in [3.8, 4) is 5.75 Å². The summed E-state index contributed by atoms with van der Waals surface area (Å²) in [6.07, 6.45) is 24.0. The van der Waals surface area contributed by atoms with Gasteiger partial charge in [0.25, 0.3) is 22.8 Å². The molecule has 16 heterocycles. The SMILES string of the molecule is COc1c(C)c[n+](O)c(Cn2c(=O)n(CCCn3cccc3)c3c(Cl)nc(N)nc32)c1C.Cc1c[n+](O)c(Cn2c(=O)n(CCCn3cccc3)c3c(Cl)nc(N)nc32)c(C)c1Br.Cc1c[n+](O)c(Cn2c(=O)n(CCCn3cccc3)c3c(Cl)nc(N)nc32)c(C)c1Cl.Cc1c[n+](O)c(Cn2c(=O)n(CCn3cccc3)c3c(Cl)nc(N)nc32)c(C)c1I. The van der Waals surface area contributed by atoms with E-state index in [0.29, 0.717) is 141 Å². The van der Waals surface area contributed by atoms with Gasteiger partial charge in [0.2, 0.25) is 48.6 Å². The Morgan fingerprint density at radius 2 is 0.637 bits per heavy atom. The molecule has 16 rings (SSSR count). The smallest absolute Gasteiger partial charge is 0.331 e. The van der Waals surface area contributed by atoms with Gasteiger partial charge in [0, 0.05) is 162 Å². The molecule has 0 aliphatic carbocycles. The molecule has 16 aromatic heterocycles. The molecule has 0 saturated carbocycles. The number of nitrogen functional groups attached to an aromatic ring is 4. The number of nitrogens with two attached hydrogens (primary N) is 4. The minimum absolute atomic E-state index is 0.0177. The number of ether oxygens (including phenoxy) is 1. The first-order chi connectivity index (χ1) is 59.1. The molecule has 44 heteroatoms. The van der Waals surface area contributed by atoms with Crippen molar-refractivity contribution in [2.45, 2.75) is 153 Å². The fraction of sp³-hybridized carbons (Fsp3) is 0.300. The highest BCUT2D eigenvalue weighted by molar-refractivity contribution is 14.1. The van der Waals surface area contributed by atoms with E-state index < -0.39 is 0 Å². The van der Waals surface area contributed by atoms with Crippen molar-refractivity contribution in [2.75, 3.05) is 30.0 Å². The van der Waals surface area contributed by atoms with Crippen LogP contribution < -0.4 is 69.4 Å². The average Bonchev–Trinajstić information content (AvgIpc) is 1.61. The number of aryl methyl sites for hydroxylation is 12. The summed E-state index contributed by atoms with van der Waals surface area (Å²) in [6.45, 7) is 19.6. The molecule has 0 spiro atoms. The van der Waals surface area contributed by atoms with E-state index in [9.17, 15) is 40.0 Å². The number of imidazole rings is 4. The van der Waals surface area contributed by atoms with Crippen LogP contribution in [0.15, 0.2) is 147 Å². The maximum atomic E-state index is 13.4. The van der Waals surface area contributed by atoms with Crippen molar-refractivity contribution >= 4 is 165 Å². The van der Waals surface area contributed by atoms with E-state index in [2.05, 4.69) is 78.4 Å². The minimum Gasteiger partial charge on any atom is -0.496 e. The van der Waals surface area contributed by atoms with Gasteiger partial charge in [0.15, 0.2) is 43.2 Å². The quantitative estimate of drug-likeness (QED) is 0.0121. The Hall–Kier alpha value is -12.0. The average molecular weight is 1970 g/mol. The molecule has 12 N–H and O–H groups in total. The lowest BCUT2D eigenvalue weighted by Crippen LogP contribution is -2.39. The molecule has 0 saturated heterocycles. The summed E-state index contributed by atoms with van der Waals surface area (Å²) in [7, 11) is 1.57. The van der Waals surface area contributed by atoms with Gasteiger partial charge < -0.3 is 45.9 Å². The van der Waals surface area contributed by atoms with Crippen LogP contribution in [0, 0.1) is 59.0 Å². The molecule has 0 unspecified atom stereocenters. The van der Waals surface area contributed by atoms with Crippen LogP contribution in [0.2, 0.25) is 25.6 Å². The Morgan fingerprint density at radius 1 is 0.363 bits per heavy atom. The monoisotopic (exact) mass is 1970 g/mol.